The summed E-state index contributed by atoms with van der Waals surface area (Å²) in [6.45, 7) is 6.79. The number of carbonyl (C=O) groups is 2. The molecule has 2 aromatic rings. The Morgan fingerprint density at radius 1 is 1.29 bits per heavy atom. The van der Waals surface area contributed by atoms with E-state index in [1.165, 1.54) is 6.92 Å². The summed E-state index contributed by atoms with van der Waals surface area (Å²) in [6, 6.07) is 5.09. The van der Waals surface area contributed by atoms with Gasteiger partial charge >= 0.3 is 11.9 Å². The van der Waals surface area contributed by atoms with Crippen LogP contribution in [0.25, 0.3) is 10.9 Å². The molecule has 1 N–H and O–H groups in total. The molecule has 0 aliphatic heterocycles. The molecule has 0 aliphatic rings. The lowest BCUT2D eigenvalue weighted by molar-refractivity contribution is -0.154. The maximum absolute atomic E-state index is 11.8. The zero-order valence-corrected chi connectivity index (χ0v) is 12.5. The number of esters is 2. The van der Waals surface area contributed by atoms with Crippen molar-refractivity contribution in [3.05, 3.63) is 23.9 Å². The molecule has 2 rings (SSSR count). The largest absolute Gasteiger partial charge is 0.460 e. The van der Waals surface area contributed by atoms with E-state index >= 15 is 0 Å². The van der Waals surface area contributed by atoms with Gasteiger partial charge in [0.25, 0.3) is 0 Å². The Kier molecular flexibility index (Phi) is 3.97. The second kappa shape index (κ2) is 5.55. The number of rotatable bonds is 3. The molecule has 1 aromatic carbocycles. The van der Waals surface area contributed by atoms with Gasteiger partial charge in [-0.1, -0.05) is 0 Å². The summed E-state index contributed by atoms with van der Waals surface area (Å²) in [5.74, 6) is -0.287. The van der Waals surface area contributed by atoms with E-state index in [0.717, 1.165) is 5.39 Å². The van der Waals surface area contributed by atoms with Gasteiger partial charge in [0.2, 0.25) is 0 Å². The van der Waals surface area contributed by atoms with E-state index in [1.54, 1.807) is 18.2 Å². The van der Waals surface area contributed by atoms with Gasteiger partial charge in [-0.3, -0.25) is 14.7 Å². The Balaban J connectivity index is 2.19. The van der Waals surface area contributed by atoms with Crippen LogP contribution in [0, 0.1) is 0 Å². The molecule has 0 spiro atoms. The Morgan fingerprint density at radius 3 is 2.62 bits per heavy atom. The van der Waals surface area contributed by atoms with Gasteiger partial charge in [-0.05, 0) is 32.9 Å². The molecule has 112 valence electrons. The quantitative estimate of drug-likeness (QED) is 0.693. The highest BCUT2D eigenvalue weighted by Gasteiger charge is 2.18. The van der Waals surface area contributed by atoms with Gasteiger partial charge in [-0.15, -0.1) is 0 Å². The van der Waals surface area contributed by atoms with Crippen molar-refractivity contribution in [1.29, 1.82) is 0 Å². The SMILES string of the molecule is CC(=O)Oc1ccc2c(CC(=O)OC(C)(C)C)n[nH]c2c1. The molecule has 1 aromatic heterocycles. The van der Waals surface area contributed by atoms with Crippen LogP contribution in [0.4, 0.5) is 0 Å². The fourth-order valence-electron chi connectivity index (χ4n) is 1.93. The smallest absolute Gasteiger partial charge is 0.312 e. The summed E-state index contributed by atoms with van der Waals surface area (Å²) in [5.41, 5.74) is 0.784. The van der Waals surface area contributed by atoms with E-state index in [9.17, 15) is 9.59 Å². The fraction of sp³-hybridized carbons (Fsp3) is 0.400. The van der Waals surface area contributed by atoms with E-state index < -0.39 is 5.60 Å². The summed E-state index contributed by atoms with van der Waals surface area (Å²) in [7, 11) is 0. The molecule has 0 bridgehead atoms. The summed E-state index contributed by atoms with van der Waals surface area (Å²) in [5, 5.41) is 7.74. The highest BCUT2D eigenvalue weighted by atomic mass is 16.6. The lowest BCUT2D eigenvalue weighted by atomic mass is 10.1. The highest BCUT2D eigenvalue weighted by Crippen LogP contribution is 2.22. The van der Waals surface area contributed by atoms with Crippen LogP contribution in [0.5, 0.6) is 5.75 Å². The Labute approximate surface area is 122 Å². The summed E-state index contributed by atoms with van der Waals surface area (Å²) < 4.78 is 10.3. The van der Waals surface area contributed by atoms with Crippen molar-refractivity contribution >= 4 is 22.8 Å². The molecule has 0 unspecified atom stereocenters. The fourth-order valence-corrected chi connectivity index (χ4v) is 1.93. The van der Waals surface area contributed by atoms with Crippen molar-refractivity contribution in [3.63, 3.8) is 0 Å². The Bertz CT molecular complexity index is 683. The number of hydrogen-bond acceptors (Lipinski definition) is 5. The monoisotopic (exact) mass is 290 g/mol. The van der Waals surface area contributed by atoms with E-state index in [-0.39, 0.29) is 18.4 Å². The van der Waals surface area contributed by atoms with Crippen molar-refractivity contribution < 1.29 is 19.1 Å². The molecule has 0 atom stereocenters. The third-order valence-electron chi connectivity index (χ3n) is 2.61. The highest BCUT2D eigenvalue weighted by molar-refractivity contribution is 5.87. The number of nitrogens with one attached hydrogen (secondary N) is 1. The van der Waals surface area contributed by atoms with E-state index in [2.05, 4.69) is 10.2 Å². The van der Waals surface area contributed by atoms with Gasteiger partial charge in [0.15, 0.2) is 0 Å². The standard InChI is InChI=1S/C15H18N2O4/c1-9(18)20-10-5-6-11-12(7-10)16-17-13(11)8-14(19)21-15(2,3)4/h5-7H,8H2,1-4H3,(H,16,17). The van der Waals surface area contributed by atoms with Crippen LogP contribution in [0.15, 0.2) is 18.2 Å². The topological polar surface area (TPSA) is 81.3 Å². The van der Waals surface area contributed by atoms with Crippen molar-refractivity contribution in [1.82, 2.24) is 10.2 Å². The lowest BCUT2D eigenvalue weighted by Gasteiger charge is -2.19. The molecule has 0 radical (unpaired) electrons. The van der Waals surface area contributed by atoms with Crippen molar-refractivity contribution in [2.75, 3.05) is 0 Å². The first kappa shape index (κ1) is 15.0. The predicted octanol–water partition coefficient (Wildman–Crippen LogP) is 2.37. The molecule has 0 saturated heterocycles. The van der Waals surface area contributed by atoms with Crippen molar-refractivity contribution in [2.24, 2.45) is 0 Å². The molecule has 1 heterocycles. The molecule has 6 nitrogen and oxygen atoms in total. The van der Waals surface area contributed by atoms with Crippen LogP contribution in [-0.2, 0) is 20.7 Å². The van der Waals surface area contributed by atoms with Crippen LogP contribution in [0.2, 0.25) is 0 Å². The second-order valence-electron chi connectivity index (χ2n) is 5.73. The van der Waals surface area contributed by atoms with Crippen LogP contribution < -0.4 is 4.74 Å². The molecule has 0 aliphatic carbocycles. The van der Waals surface area contributed by atoms with Crippen molar-refractivity contribution in [2.45, 2.75) is 39.7 Å². The van der Waals surface area contributed by atoms with Crippen LogP contribution in [-0.4, -0.2) is 27.7 Å². The molecule has 21 heavy (non-hydrogen) atoms. The average molecular weight is 290 g/mol. The number of ether oxygens (including phenoxy) is 2. The average Bonchev–Trinajstić information content (AvgIpc) is 2.68. The Morgan fingerprint density at radius 2 is 2.00 bits per heavy atom. The van der Waals surface area contributed by atoms with Crippen LogP contribution in [0.1, 0.15) is 33.4 Å². The van der Waals surface area contributed by atoms with Crippen LogP contribution >= 0.6 is 0 Å². The number of benzene rings is 1. The number of fused-ring (bicyclic) bond motifs is 1. The van der Waals surface area contributed by atoms with Crippen molar-refractivity contribution in [3.8, 4) is 5.75 Å². The number of carbonyl (C=O) groups excluding carboxylic acids is 2. The minimum atomic E-state index is -0.522. The normalized spacial score (nSPS) is 11.4. The number of aromatic nitrogens is 2. The number of nitrogens with zero attached hydrogens (tertiary/aromatic N) is 1. The number of aromatic amines is 1. The zero-order valence-electron chi connectivity index (χ0n) is 12.5. The molecule has 0 saturated carbocycles. The maximum Gasteiger partial charge on any atom is 0.312 e. The van der Waals surface area contributed by atoms with E-state index in [4.69, 9.17) is 9.47 Å². The van der Waals surface area contributed by atoms with Gasteiger partial charge in [-0.25, -0.2) is 0 Å². The lowest BCUT2D eigenvalue weighted by Crippen LogP contribution is -2.25. The predicted molar refractivity (Wildman–Crippen MR) is 77.0 cm³/mol. The van der Waals surface area contributed by atoms with Gasteiger partial charge in [0.1, 0.15) is 11.4 Å². The molecule has 0 amide bonds. The van der Waals surface area contributed by atoms with Gasteiger partial charge in [-0.2, -0.15) is 5.10 Å². The molecular weight excluding hydrogens is 272 g/mol. The third kappa shape index (κ3) is 4.05. The minimum Gasteiger partial charge on any atom is -0.460 e. The van der Waals surface area contributed by atoms with E-state index in [0.29, 0.717) is 17.0 Å². The summed E-state index contributed by atoms with van der Waals surface area (Å²) in [4.78, 5) is 22.8. The molecule has 6 heteroatoms. The second-order valence-corrected chi connectivity index (χ2v) is 5.73. The summed E-state index contributed by atoms with van der Waals surface area (Å²) in [6.07, 6.45) is 0.0875. The minimum absolute atomic E-state index is 0.0875. The van der Waals surface area contributed by atoms with Crippen LogP contribution in [0.3, 0.4) is 0 Å². The van der Waals surface area contributed by atoms with Gasteiger partial charge in [0, 0.05) is 18.4 Å². The first-order chi connectivity index (χ1) is 9.74. The number of hydrogen-bond donors (Lipinski definition) is 1. The molecule has 0 fully saturated rings. The summed E-state index contributed by atoms with van der Waals surface area (Å²) >= 11 is 0. The first-order valence-electron chi connectivity index (χ1n) is 6.62. The maximum atomic E-state index is 11.8. The van der Waals surface area contributed by atoms with Gasteiger partial charge in [0.05, 0.1) is 17.6 Å². The molecular formula is C15H18N2O4. The van der Waals surface area contributed by atoms with E-state index in [1.807, 2.05) is 20.8 Å². The third-order valence-corrected chi connectivity index (χ3v) is 2.61. The zero-order chi connectivity index (χ0) is 15.6. The Hall–Kier alpha value is -2.37. The number of H-pyrrole nitrogens is 1. The van der Waals surface area contributed by atoms with Gasteiger partial charge < -0.3 is 9.47 Å². The first-order valence-corrected chi connectivity index (χ1v) is 6.62.